The van der Waals surface area contributed by atoms with E-state index >= 15 is 0 Å². The van der Waals surface area contributed by atoms with Crippen LogP contribution in [0.5, 0.6) is 5.75 Å². The van der Waals surface area contributed by atoms with Crippen molar-refractivity contribution in [3.05, 3.63) is 98.3 Å². The van der Waals surface area contributed by atoms with Crippen molar-refractivity contribution in [2.24, 2.45) is 0 Å². The summed E-state index contributed by atoms with van der Waals surface area (Å²) in [6.45, 7) is 0. The number of hydrogen-bond donors (Lipinski definition) is 0. The smallest absolute Gasteiger partial charge is 0.450 e. The Kier molecular flexibility index (Phi) is 6.19. The van der Waals surface area contributed by atoms with Crippen LogP contribution in [0.3, 0.4) is 0 Å². The molecule has 4 nitrogen and oxygen atoms in total. The summed E-state index contributed by atoms with van der Waals surface area (Å²) < 4.78 is 51.6. The maximum absolute atomic E-state index is 13.7. The largest absolute Gasteiger partial charge is 0.450 e. The number of carbonyl (C=O) groups excluding carboxylic acids is 1. The van der Waals surface area contributed by atoms with Crippen molar-refractivity contribution in [2.75, 3.05) is 0 Å². The van der Waals surface area contributed by atoms with Crippen LogP contribution in [0.25, 0.3) is 22.1 Å². The summed E-state index contributed by atoms with van der Waals surface area (Å²) in [5.41, 5.74) is -1.20. The zero-order valence-electron chi connectivity index (χ0n) is 16.6. The second kappa shape index (κ2) is 8.92. The van der Waals surface area contributed by atoms with E-state index in [4.69, 9.17) is 32.4 Å². The molecule has 3 aromatic carbocycles. The normalized spacial score (nSPS) is 11.5. The highest BCUT2D eigenvalue weighted by Gasteiger charge is 2.39. The van der Waals surface area contributed by atoms with Gasteiger partial charge in [-0.1, -0.05) is 47.5 Å². The number of fused-ring (bicyclic) bond motifs is 1. The fraction of sp³-hybridized carbons (Fsp3) is 0.0833. The number of esters is 1. The van der Waals surface area contributed by atoms with Crippen molar-refractivity contribution in [2.45, 2.75) is 12.6 Å². The average molecular weight is 493 g/mol. The first-order valence-corrected chi connectivity index (χ1v) is 10.3. The van der Waals surface area contributed by atoms with E-state index in [1.807, 2.05) is 0 Å². The van der Waals surface area contributed by atoms with E-state index in [9.17, 15) is 22.8 Å². The van der Waals surface area contributed by atoms with E-state index in [1.165, 1.54) is 36.4 Å². The van der Waals surface area contributed by atoms with E-state index in [2.05, 4.69) is 0 Å². The summed E-state index contributed by atoms with van der Waals surface area (Å²) in [5, 5.41) is 0.725. The minimum absolute atomic E-state index is 0.0147. The van der Waals surface area contributed by atoms with E-state index in [0.29, 0.717) is 15.6 Å². The number of halogens is 5. The summed E-state index contributed by atoms with van der Waals surface area (Å²) in [4.78, 5) is 25.2. The molecule has 33 heavy (non-hydrogen) atoms. The highest BCUT2D eigenvalue weighted by molar-refractivity contribution is 6.30. The predicted octanol–water partition coefficient (Wildman–Crippen LogP) is 6.93. The minimum atomic E-state index is -4.94. The van der Waals surface area contributed by atoms with Crippen molar-refractivity contribution in [1.29, 1.82) is 0 Å². The molecule has 0 unspecified atom stereocenters. The second-order valence-corrected chi connectivity index (χ2v) is 7.95. The van der Waals surface area contributed by atoms with Crippen LogP contribution in [0.1, 0.15) is 11.3 Å². The highest BCUT2D eigenvalue weighted by atomic mass is 35.5. The van der Waals surface area contributed by atoms with Gasteiger partial charge >= 0.3 is 12.1 Å². The van der Waals surface area contributed by atoms with Gasteiger partial charge in [-0.3, -0.25) is 9.59 Å². The Morgan fingerprint density at radius 2 is 1.52 bits per heavy atom. The predicted molar refractivity (Wildman–Crippen MR) is 119 cm³/mol. The lowest BCUT2D eigenvalue weighted by Gasteiger charge is -2.13. The topological polar surface area (TPSA) is 56.5 Å². The third kappa shape index (κ3) is 5.05. The lowest BCUT2D eigenvalue weighted by atomic mass is 10.0. The SMILES string of the molecule is O=C(Cc1ccc(Cl)cc1)Oc1ccc2c(=O)c(-c3ccc(Cl)cc3)c(C(F)(F)F)oc2c1. The van der Waals surface area contributed by atoms with Gasteiger partial charge in [-0.15, -0.1) is 0 Å². The van der Waals surface area contributed by atoms with Gasteiger partial charge in [0.25, 0.3) is 0 Å². The molecule has 0 saturated heterocycles. The molecule has 0 bridgehead atoms. The Bertz CT molecular complexity index is 1390. The number of alkyl halides is 3. The van der Waals surface area contributed by atoms with Crippen LogP contribution in [-0.4, -0.2) is 5.97 Å². The summed E-state index contributed by atoms with van der Waals surface area (Å²) in [5.74, 6) is -2.16. The number of ether oxygens (including phenoxy) is 1. The van der Waals surface area contributed by atoms with Gasteiger partial charge in [-0.05, 0) is 47.5 Å². The van der Waals surface area contributed by atoms with Gasteiger partial charge in [-0.2, -0.15) is 13.2 Å². The monoisotopic (exact) mass is 492 g/mol. The lowest BCUT2D eigenvalue weighted by Crippen LogP contribution is -2.16. The Labute approximate surface area is 195 Å². The highest BCUT2D eigenvalue weighted by Crippen LogP contribution is 2.38. The number of carbonyl (C=O) groups is 1. The maximum Gasteiger partial charge on any atom is 0.450 e. The molecule has 4 aromatic rings. The molecule has 0 atom stereocenters. The van der Waals surface area contributed by atoms with Crippen molar-refractivity contribution in [3.8, 4) is 16.9 Å². The van der Waals surface area contributed by atoms with Gasteiger partial charge in [0, 0.05) is 16.1 Å². The van der Waals surface area contributed by atoms with Gasteiger partial charge in [0.05, 0.1) is 17.4 Å². The molecule has 1 heterocycles. The third-order valence-corrected chi connectivity index (χ3v) is 5.25. The third-order valence-electron chi connectivity index (χ3n) is 4.75. The molecule has 0 fully saturated rings. The Hall–Kier alpha value is -3.29. The Morgan fingerprint density at radius 1 is 0.909 bits per heavy atom. The standard InChI is InChI=1S/C24H13Cl2F3O4/c25-15-5-1-13(2-6-15)11-20(30)32-17-9-10-18-19(12-17)33-23(24(27,28)29)21(22(18)31)14-3-7-16(26)8-4-14/h1-10,12H,11H2. The van der Waals surface area contributed by atoms with Gasteiger partial charge in [0.1, 0.15) is 11.3 Å². The molecule has 0 spiro atoms. The van der Waals surface area contributed by atoms with Gasteiger partial charge < -0.3 is 9.15 Å². The van der Waals surface area contributed by atoms with Gasteiger partial charge in [0.2, 0.25) is 11.2 Å². The zero-order valence-corrected chi connectivity index (χ0v) is 18.1. The molecular formula is C24H13Cl2F3O4. The van der Waals surface area contributed by atoms with Crippen LogP contribution in [0.4, 0.5) is 13.2 Å². The van der Waals surface area contributed by atoms with Gasteiger partial charge in [0.15, 0.2) is 0 Å². The zero-order chi connectivity index (χ0) is 23.8. The van der Waals surface area contributed by atoms with Crippen LogP contribution >= 0.6 is 23.2 Å². The summed E-state index contributed by atoms with van der Waals surface area (Å²) >= 11 is 11.6. The molecule has 0 aliphatic heterocycles. The molecule has 0 amide bonds. The van der Waals surface area contributed by atoms with Crippen LogP contribution in [-0.2, 0) is 17.4 Å². The van der Waals surface area contributed by atoms with Crippen LogP contribution in [0.2, 0.25) is 10.0 Å². The van der Waals surface area contributed by atoms with E-state index in [0.717, 1.165) is 6.07 Å². The van der Waals surface area contributed by atoms with E-state index < -0.39 is 28.9 Å². The average Bonchev–Trinajstić information content (AvgIpc) is 2.75. The van der Waals surface area contributed by atoms with Crippen LogP contribution in [0, 0.1) is 0 Å². The first-order valence-electron chi connectivity index (χ1n) is 9.51. The first kappa shape index (κ1) is 22.9. The maximum atomic E-state index is 13.7. The van der Waals surface area contributed by atoms with E-state index in [-0.39, 0.29) is 28.7 Å². The summed E-state index contributed by atoms with van der Waals surface area (Å²) in [7, 11) is 0. The molecular weight excluding hydrogens is 480 g/mol. The summed E-state index contributed by atoms with van der Waals surface area (Å²) in [6, 6.07) is 15.6. The summed E-state index contributed by atoms with van der Waals surface area (Å²) in [6.07, 6.45) is -5.02. The lowest BCUT2D eigenvalue weighted by molar-refractivity contribution is -0.152. The second-order valence-electron chi connectivity index (χ2n) is 7.08. The molecule has 0 N–H and O–H groups in total. The fourth-order valence-corrected chi connectivity index (χ4v) is 3.50. The number of benzene rings is 3. The van der Waals surface area contributed by atoms with Crippen molar-refractivity contribution in [1.82, 2.24) is 0 Å². The molecule has 0 radical (unpaired) electrons. The molecule has 4 rings (SSSR count). The Morgan fingerprint density at radius 3 is 2.12 bits per heavy atom. The Balaban J connectivity index is 1.72. The number of hydrogen-bond acceptors (Lipinski definition) is 4. The molecule has 0 saturated carbocycles. The van der Waals surface area contributed by atoms with Crippen LogP contribution < -0.4 is 10.2 Å². The van der Waals surface area contributed by atoms with Crippen molar-refractivity contribution >= 4 is 40.1 Å². The van der Waals surface area contributed by atoms with Crippen molar-refractivity contribution < 1.29 is 27.1 Å². The van der Waals surface area contributed by atoms with Gasteiger partial charge in [-0.25, -0.2) is 0 Å². The quantitative estimate of drug-likeness (QED) is 0.229. The fourth-order valence-electron chi connectivity index (χ4n) is 3.25. The number of rotatable bonds is 4. The van der Waals surface area contributed by atoms with Crippen LogP contribution in [0.15, 0.2) is 75.9 Å². The molecule has 0 aliphatic rings. The molecule has 168 valence electrons. The minimum Gasteiger partial charge on any atom is -0.450 e. The molecule has 0 aliphatic carbocycles. The van der Waals surface area contributed by atoms with Crippen molar-refractivity contribution in [3.63, 3.8) is 0 Å². The molecule has 9 heteroatoms. The first-order chi connectivity index (χ1) is 15.6. The van der Waals surface area contributed by atoms with E-state index in [1.54, 1.807) is 24.3 Å². The molecule has 1 aromatic heterocycles.